The Kier molecular flexibility index (Phi) is 2.91. The molecular weight excluding hydrogens is 210 g/mol. The molecule has 1 aliphatic carbocycles. The van der Waals surface area contributed by atoms with Crippen LogP contribution in [-0.4, -0.2) is 25.9 Å². The van der Waals surface area contributed by atoms with Crippen LogP contribution in [0.15, 0.2) is 6.20 Å². The molecule has 1 N–H and O–H groups in total. The van der Waals surface area contributed by atoms with Crippen molar-refractivity contribution in [2.45, 2.75) is 44.8 Å². The normalized spacial score (nSPS) is 25.6. The van der Waals surface area contributed by atoms with Crippen LogP contribution >= 0.6 is 0 Å². The van der Waals surface area contributed by atoms with E-state index < -0.39 is 4.92 Å². The number of nitro groups is 1. The van der Waals surface area contributed by atoms with Gasteiger partial charge >= 0.3 is 5.69 Å². The molecule has 0 aliphatic heterocycles. The lowest BCUT2D eigenvalue weighted by Crippen LogP contribution is -2.22. The second-order valence-corrected chi connectivity index (χ2v) is 4.28. The highest BCUT2D eigenvalue weighted by molar-refractivity contribution is 5.31. The molecule has 1 fully saturated rings. The molecule has 1 aromatic heterocycles. The molecule has 6 heteroatoms. The molecule has 88 valence electrons. The van der Waals surface area contributed by atoms with E-state index in [0.29, 0.717) is 5.69 Å². The van der Waals surface area contributed by atoms with Crippen molar-refractivity contribution in [2.24, 2.45) is 0 Å². The Labute approximate surface area is 93.0 Å². The summed E-state index contributed by atoms with van der Waals surface area (Å²) >= 11 is 0. The lowest BCUT2D eigenvalue weighted by molar-refractivity contribution is -0.385. The molecule has 1 saturated carbocycles. The molecule has 0 amide bonds. The van der Waals surface area contributed by atoms with Gasteiger partial charge < -0.3 is 5.11 Å². The SMILES string of the molecule is Cc1c([N+](=O)[O-])cnn1C1CCC(O)CC1. The highest BCUT2D eigenvalue weighted by Gasteiger charge is 2.25. The average Bonchev–Trinajstić information content (AvgIpc) is 2.61. The van der Waals surface area contributed by atoms with Crippen LogP contribution in [0.1, 0.15) is 37.4 Å². The number of aromatic nitrogens is 2. The maximum absolute atomic E-state index is 10.7. The second-order valence-electron chi connectivity index (χ2n) is 4.28. The quantitative estimate of drug-likeness (QED) is 0.612. The lowest BCUT2D eigenvalue weighted by Gasteiger charge is -2.26. The Morgan fingerprint density at radius 3 is 2.62 bits per heavy atom. The summed E-state index contributed by atoms with van der Waals surface area (Å²) in [6.45, 7) is 1.72. The Balaban J connectivity index is 2.18. The van der Waals surface area contributed by atoms with Crippen molar-refractivity contribution in [3.63, 3.8) is 0 Å². The first-order chi connectivity index (χ1) is 7.59. The summed E-state index contributed by atoms with van der Waals surface area (Å²) < 4.78 is 1.73. The van der Waals surface area contributed by atoms with E-state index in [0.717, 1.165) is 25.7 Å². The van der Waals surface area contributed by atoms with Gasteiger partial charge in [-0.3, -0.25) is 14.8 Å². The maximum atomic E-state index is 10.7. The minimum Gasteiger partial charge on any atom is -0.393 e. The molecular formula is C10H15N3O3. The van der Waals surface area contributed by atoms with Crippen molar-refractivity contribution in [3.05, 3.63) is 22.0 Å². The topological polar surface area (TPSA) is 81.2 Å². The highest BCUT2D eigenvalue weighted by Crippen LogP contribution is 2.30. The van der Waals surface area contributed by atoms with Gasteiger partial charge in [0.2, 0.25) is 0 Å². The predicted octanol–water partition coefficient (Wildman–Crippen LogP) is 1.58. The molecule has 0 aromatic carbocycles. The van der Waals surface area contributed by atoms with Gasteiger partial charge in [-0.25, -0.2) is 0 Å². The number of rotatable bonds is 2. The van der Waals surface area contributed by atoms with Gasteiger partial charge in [-0.2, -0.15) is 5.10 Å². The summed E-state index contributed by atoms with van der Waals surface area (Å²) in [6, 6.07) is 0.192. The van der Waals surface area contributed by atoms with E-state index in [-0.39, 0.29) is 17.8 Å². The zero-order valence-electron chi connectivity index (χ0n) is 9.17. The fourth-order valence-electron chi connectivity index (χ4n) is 2.26. The van der Waals surface area contributed by atoms with Crippen LogP contribution in [0.3, 0.4) is 0 Å². The molecule has 0 unspecified atom stereocenters. The molecule has 0 bridgehead atoms. The minimum atomic E-state index is -0.406. The summed E-state index contributed by atoms with van der Waals surface area (Å²) in [5.41, 5.74) is 0.678. The Hall–Kier alpha value is -1.43. The number of nitrogens with zero attached hydrogens (tertiary/aromatic N) is 3. The van der Waals surface area contributed by atoms with Crippen LogP contribution in [-0.2, 0) is 0 Å². The molecule has 16 heavy (non-hydrogen) atoms. The molecule has 1 aliphatic rings. The third-order valence-corrected chi connectivity index (χ3v) is 3.23. The van der Waals surface area contributed by atoms with Gasteiger partial charge in [0, 0.05) is 0 Å². The Bertz CT molecular complexity index is 394. The summed E-state index contributed by atoms with van der Waals surface area (Å²) in [5, 5.41) is 24.2. The van der Waals surface area contributed by atoms with E-state index in [1.807, 2.05) is 0 Å². The van der Waals surface area contributed by atoms with Gasteiger partial charge in [0.1, 0.15) is 11.9 Å². The van der Waals surface area contributed by atoms with Crippen LogP contribution in [0, 0.1) is 17.0 Å². The van der Waals surface area contributed by atoms with Crippen LogP contribution < -0.4 is 0 Å². The molecule has 1 aromatic rings. The van der Waals surface area contributed by atoms with Crippen LogP contribution in [0.2, 0.25) is 0 Å². The second kappa shape index (κ2) is 4.21. The monoisotopic (exact) mass is 225 g/mol. The van der Waals surface area contributed by atoms with Crippen LogP contribution in [0.5, 0.6) is 0 Å². The smallest absolute Gasteiger partial charge is 0.309 e. The molecule has 0 spiro atoms. The molecule has 6 nitrogen and oxygen atoms in total. The molecule has 0 atom stereocenters. The van der Waals surface area contributed by atoms with Crippen molar-refractivity contribution >= 4 is 5.69 Å². The summed E-state index contributed by atoms with van der Waals surface area (Å²) in [5.74, 6) is 0. The van der Waals surface area contributed by atoms with Crippen molar-refractivity contribution < 1.29 is 10.0 Å². The van der Waals surface area contributed by atoms with Crippen LogP contribution in [0.4, 0.5) is 5.69 Å². The molecule has 0 saturated heterocycles. The van der Waals surface area contributed by atoms with Gasteiger partial charge in [0.25, 0.3) is 0 Å². The third-order valence-electron chi connectivity index (χ3n) is 3.23. The van der Waals surface area contributed by atoms with E-state index >= 15 is 0 Å². The first-order valence-corrected chi connectivity index (χ1v) is 5.46. The summed E-state index contributed by atoms with van der Waals surface area (Å²) in [4.78, 5) is 10.3. The molecule has 0 radical (unpaired) electrons. The van der Waals surface area contributed by atoms with E-state index in [1.54, 1.807) is 11.6 Å². The largest absolute Gasteiger partial charge is 0.393 e. The van der Waals surface area contributed by atoms with Crippen molar-refractivity contribution in [1.82, 2.24) is 9.78 Å². The Morgan fingerprint density at radius 2 is 2.12 bits per heavy atom. The maximum Gasteiger partial charge on any atom is 0.309 e. The summed E-state index contributed by atoms with van der Waals surface area (Å²) in [7, 11) is 0. The summed E-state index contributed by atoms with van der Waals surface area (Å²) in [6.07, 6.45) is 4.25. The highest BCUT2D eigenvalue weighted by atomic mass is 16.6. The minimum absolute atomic E-state index is 0.0751. The first kappa shape index (κ1) is 11.1. The zero-order valence-corrected chi connectivity index (χ0v) is 9.17. The average molecular weight is 225 g/mol. The number of hydrogen-bond donors (Lipinski definition) is 1. The predicted molar refractivity (Wildman–Crippen MR) is 57.1 cm³/mol. The lowest BCUT2D eigenvalue weighted by atomic mass is 9.93. The third kappa shape index (κ3) is 1.92. The van der Waals surface area contributed by atoms with E-state index in [2.05, 4.69) is 5.10 Å². The van der Waals surface area contributed by atoms with Gasteiger partial charge in [-0.1, -0.05) is 0 Å². The Morgan fingerprint density at radius 1 is 1.50 bits per heavy atom. The fraction of sp³-hybridized carbons (Fsp3) is 0.700. The van der Waals surface area contributed by atoms with Crippen LogP contribution in [0.25, 0.3) is 0 Å². The zero-order chi connectivity index (χ0) is 11.7. The van der Waals surface area contributed by atoms with Crippen molar-refractivity contribution in [3.8, 4) is 0 Å². The van der Waals surface area contributed by atoms with Gasteiger partial charge in [0.15, 0.2) is 0 Å². The van der Waals surface area contributed by atoms with Gasteiger partial charge in [0.05, 0.1) is 17.1 Å². The standard InChI is InChI=1S/C10H15N3O3/c1-7-10(13(15)16)6-11-12(7)8-2-4-9(14)5-3-8/h6,8-9,14H,2-5H2,1H3. The van der Waals surface area contributed by atoms with E-state index in [9.17, 15) is 15.2 Å². The number of aliphatic hydroxyl groups is 1. The van der Waals surface area contributed by atoms with Gasteiger partial charge in [-0.15, -0.1) is 0 Å². The fourth-order valence-corrected chi connectivity index (χ4v) is 2.26. The molecule has 2 rings (SSSR count). The van der Waals surface area contributed by atoms with E-state index in [4.69, 9.17) is 0 Å². The number of aliphatic hydroxyl groups excluding tert-OH is 1. The van der Waals surface area contributed by atoms with Crippen molar-refractivity contribution in [2.75, 3.05) is 0 Å². The van der Waals surface area contributed by atoms with Crippen molar-refractivity contribution in [1.29, 1.82) is 0 Å². The van der Waals surface area contributed by atoms with E-state index in [1.165, 1.54) is 6.20 Å². The molecule has 1 heterocycles. The number of hydrogen-bond acceptors (Lipinski definition) is 4. The first-order valence-electron chi connectivity index (χ1n) is 5.46. The van der Waals surface area contributed by atoms with Gasteiger partial charge in [-0.05, 0) is 32.6 Å².